The molecule has 37 heavy (non-hydrogen) atoms. The number of ether oxygens (including phenoxy) is 1. The highest BCUT2D eigenvalue weighted by Gasteiger charge is 2.32. The van der Waals surface area contributed by atoms with Crippen molar-refractivity contribution in [1.82, 2.24) is 10.2 Å². The van der Waals surface area contributed by atoms with Crippen LogP contribution in [0.25, 0.3) is 0 Å². The highest BCUT2D eigenvalue weighted by Crippen LogP contribution is 2.21. The van der Waals surface area contributed by atoms with Crippen molar-refractivity contribution in [1.29, 1.82) is 0 Å². The molecular weight excluding hydrogens is 535 g/mol. The molecule has 0 radical (unpaired) electrons. The van der Waals surface area contributed by atoms with Crippen molar-refractivity contribution in [3.05, 3.63) is 100 Å². The molecule has 4 rings (SSSR count). The van der Waals surface area contributed by atoms with Crippen LogP contribution in [0.2, 0.25) is 0 Å². The first-order valence-electron chi connectivity index (χ1n) is 12.7. The largest absolute Gasteiger partial charge is 0.484 e. The van der Waals surface area contributed by atoms with Gasteiger partial charge in [-0.25, -0.2) is 4.39 Å². The predicted molar refractivity (Wildman–Crippen MR) is 146 cm³/mol. The maximum Gasteiger partial charge on any atom is 0.261 e. The number of rotatable bonds is 10. The van der Waals surface area contributed by atoms with Gasteiger partial charge in [0.1, 0.15) is 17.6 Å². The van der Waals surface area contributed by atoms with E-state index in [1.54, 1.807) is 4.90 Å². The van der Waals surface area contributed by atoms with Gasteiger partial charge in [-0.2, -0.15) is 0 Å². The van der Waals surface area contributed by atoms with Crippen LogP contribution in [-0.2, 0) is 22.6 Å². The van der Waals surface area contributed by atoms with Gasteiger partial charge in [-0.05, 0) is 60.4 Å². The van der Waals surface area contributed by atoms with Crippen LogP contribution >= 0.6 is 15.9 Å². The van der Waals surface area contributed by atoms with Crippen molar-refractivity contribution in [3.8, 4) is 5.75 Å². The fourth-order valence-electron chi connectivity index (χ4n) is 4.69. The predicted octanol–water partition coefficient (Wildman–Crippen LogP) is 6.06. The number of carbonyl (C=O) groups excluding carboxylic acids is 2. The molecule has 1 fully saturated rings. The number of halogens is 2. The summed E-state index contributed by atoms with van der Waals surface area (Å²) in [6, 6.07) is 22.4. The number of hydrogen-bond donors (Lipinski definition) is 1. The summed E-state index contributed by atoms with van der Waals surface area (Å²) in [4.78, 5) is 29.0. The Morgan fingerprint density at radius 2 is 1.65 bits per heavy atom. The van der Waals surface area contributed by atoms with E-state index in [1.807, 2.05) is 54.6 Å². The van der Waals surface area contributed by atoms with Gasteiger partial charge in [0.05, 0.1) is 0 Å². The van der Waals surface area contributed by atoms with Gasteiger partial charge in [-0.15, -0.1) is 0 Å². The molecule has 1 atom stereocenters. The van der Waals surface area contributed by atoms with E-state index in [2.05, 4.69) is 21.2 Å². The second-order valence-corrected chi connectivity index (χ2v) is 10.4. The van der Waals surface area contributed by atoms with E-state index in [-0.39, 0.29) is 36.8 Å². The van der Waals surface area contributed by atoms with Gasteiger partial charge < -0.3 is 15.0 Å². The molecule has 5 nitrogen and oxygen atoms in total. The Bertz CT molecular complexity index is 1170. The lowest BCUT2D eigenvalue weighted by molar-refractivity contribution is -0.143. The van der Waals surface area contributed by atoms with Crippen molar-refractivity contribution in [2.24, 2.45) is 0 Å². The van der Waals surface area contributed by atoms with Crippen LogP contribution in [0.5, 0.6) is 5.75 Å². The third-order valence-corrected chi connectivity index (χ3v) is 7.13. The third kappa shape index (κ3) is 8.15. The normalized spacial score (nSPS) is 14.5. The number of nitrogens with one attached hydrogen (secondary N) is 1. The van der Waals surface area contributed by atoms with Crippen LogP contribution < -0.4 is 10.1 Å². The minimum Gasteiger partial charge on any atom is -0.484 e. The summed E-state index contributed by atoms with van der Waals surface area (Å²) in [6.07, 6.45) is 5.68. The van der Waals surface area contributed by atoms with Crippen LogP contribution in [0.4, 0.5) is 4.39 Å². The van der Waals surface area contributed by atoms with E-state index in [0.29, 0.717) is 12.2 Å². The summed E-state index contributed by atoms with van der Waals surface area (Å²) in [5, 5.41) is 3.23. The molecule has 0 bridgehead atoms. The zero-order chi connectivity index (χ0) is 26.0. The van der Waals surface area contributed by atoms with Gasteiger partial charge >= 0.3 is 0 Å². The number of hydrogen-bond acceptors (Lipinski definition) is 3. The molecule has 2 amide bonds. The zero-order valence-corrected chi connectivity index (χ0v) is 22.3. The topological polar surface area (TPSA) is 58.6 Å². The Labute approximate surface area is 226 Å². The molecule has 1 N–H and O–H groups in total. The van der Waals surface area contributed by atoms with Gasteiger partial charge in [0.25, 0.3) is 5.91 Å². The average Bonchev–Trinajstić information content (AvgIpc) is 2.91. The van der Waals surface area contributed by atoms with Crippen LogP contribution in [0, 0.1) is 5.82 Å². The Kier molecular flexibility index (Phi) is 9.71. The summed E-state index contributed by atoms with van der Waals surface area (Å²) in [7, 11) is 0. The fraction of sp³-hybridized carbons (Fsp3) is 0.333. The van der Waals surface area contributed by atoms with Crippen LogP contribution in [0.1, 0.15) is 43.2 Å². The van der Waals surface area contributed by atoms with E-state index < -0.39 is 6.04 Å². The Morgan fingerprint density at radius 3 is 2.35 bits per heavy atom. The molecule has 0 aromatic heterocycles. The molecule has 0 unspecified atom stereocenters. The van der Waals surface area contributed by atoms with E-state index in [9.17, 15) is 14.0 Å². The molecular formula is C30H32BrFN2O3. The first kappa shape index (κ1) is 26.9. The first-order chi connectivity index (χ1) is 18.0. The van der Waals surface area contributed by atoms with Gasteiger partial charge in [0.15, 0.2) is 6.61 Å². The van der Waals surface area contributed by atoms with Crippen molar-refractivity contribution < 1.29 is 18.7 Å². The van der Waals surface area contributed by atoms with Crippen LogP contribution in [0.15, 0.2) is 83.3 Å². The number of amides is 2. The number of nitrogens with zero attached hydrogens (tertiary/aromatic N) is 1. The van der Waals surface area contributed by atoms with Crippen molar-refractivity contribution in [3.63, 3.8) is 0 Å². The van der Waals surface area contributed by atoms with Gasteiger partial charge in [-0.1, -0.05) is 77.7 Å². The molecule has 0 heterocycles. The minimum absolute atomic E-state index is 0.123. The SMILES string of the molecule is O=C(NC1CCCCC1)[C@H](Cc1ccccc1)N(Cc1cccc(Br)c1)C(=O)COc1ccc(F)cc1. The van der Waals surface area contributed by atoms with Crippen molar-refractivity contribution >= 4 is 27.7 Å². The second-order valence-electron chi connectivity index (χ2n) is 9.44. The average molecular weight is 567 g/mol. The molecule has 1 aliphatic carbocycles. The standard InChI is InChI=1S/C30H32BrFN2O3/c31-24-11-7-10-23(18-24)20-34(29(35)21-37-27-16-14-25(32)15-17-27)28(19-22-8-3-1-4-9-22)30(36)33-26-12-5-2-6-13-26/h1,3-4,7-11,14-18,26,28H,2,5-6,12-13,19-21H2,(H,33,36)/t28-/m0/s1. The molecule has 0 spiro atoms. The zero-order valence-electron chi connectivity index (χ0n) is 20.7. The molecule has 1 saturated carbocycles. The maximum absolute atomic E-state index is 13.7. The quantitative estimate of drug-likeness (QED) is 0.324. The molecule has 3 aromatic carbocycles. The van der Waals surface area contributed by atoms with Crippen molar-refractivity contribution in [2.45, 2.75) is 57.2 Å². The molecule has 0 saturated heterocycles. The fourth-order valence-corrected chi connectivity index (χ4v) is 5.14. The number of benzene rings is 3. The summed E-state index contributed by atoms with van der Waals surface area (Å²) in [5.41, 5.74) is 1.87. The van der Waals surface area contributed by atoms with Gasteiger partial charge in [0.2, 0.25) is 5.91 Å². The van der Waals surface area contributed by atoms with E-state index in [0.717, 1.165) is 41.3 Å². The second kappa shape index (κ2) is 13.4. The lowest BCUT2D eigenvalue weighted by Crippen LogP contribution is -2.53. The maximum atomic E-state index is 13.7. The highest BCUT2D eigenvalue weighted by atomic mass is 79.9. The summed E-state index contributed by atoms with van der Waals surface area (Å²) >= 11 is 3.50. The molecule has 0 aliphatic heterocycles. The molecule has 7 heteroatoms. The summed E-state index contributed by atoms with van der Waals surface area (Å²) in [5.74, 6) is -0.453. The Morgan fingerprint density at radius 1 is 0.946 bits per heavy atom. The lowest BCUT2D eigenvalue weighted by atomic mass is 9.94. The van der Waals surface area contributed by atoms with Gasteiger partial charge in [-0.3, -0.25) is 9.59 Å². The monoisotopic (exact) mass is 566 g/mol. The first-order valence-corrected chi connectivity index (χ1v) is 13.5. The van der Waals surface area contributed by atoms with E-state index in [4.69, 9.17) is 4.74 Å². The smallest absolute Gasteiger partial charge is 0.261 e. The third-order valence-electron chi connectivity index (χ3n) is 6.64. The molecule has 1 aliphatic rings. The molecule has 3 aromatic rings. The summed E-state index contributed by atoms with van der Waals surface area (Å²) in [6.45, 7) is -0.0116. The van der Waals surface area contributed by atoms with E-state index >= 15 is 0 Å². The van der Waals surface area contributed by atoms with Crippen LogP contribution in [0.3, 0.4) is 0 Å². The van der Waals surface area contributed by atoms with E-state index in [1.165, 1.54) is 30.7 Å². The summed E-state index contributed by atoms with van der Waals surface area (Å²) < 4.78 is 19.9. The minimum atomic E-state index is -0.715. The Hall–Kier alpha value is -3.19. The van der Waals surface area contributed by atoms with Crippen molar-refractivity contribution in [2.75, 3.05) is 6.61 Å². The van der Waals surface area contributed by atoms with Crippen LogP contribution in [-0.4, -0.2) is 35.4 Å². The Balaban J connectivity index is 1.60. The lowest BCUT2D eigenvalue weighted by Gasteiger charge is -2.33. The number of carbonyl (C=O) groups is 2. The highest BCUT2D eigenvalue weighted by molar-refractivity contribution is 9.10. The van der Waals surface area contributed by atoms with Gasteiger partial charge in [0, 0.05) is 23.5 Å². The molecule has 194 valence electrons.